The molecule has 178 valence electrons. The van der Waals surface area contributed by atoms with Crippen LogP contribution in [0.5, 0.6) is 11.5 Å². The van der Waals surface area contributed by atoms with Gasteiger partial charge in [-0.2, -0.15) is 4.31 Å². The Labute approximate surface area is 193 Å². The highest BCUT2D eigenvalue weighted by atomic mass is 32.2. The summed E-state index contributed by atoms with van der Waals surface area (Å²) < 4.78 is 37.9. The Morgan fingerprint density at radius 1 is 0.909 bits per heavy atom. The van der Waals surface area contributed by atoms with E-state index in [2.05, 4.69) is 16.0 Å². The molecule has 0 saturated carbocycles. The minimum absolute atomic E-state index is 0.119. The molecule has 11 heteroatoms. The van der Waals surface area contributed by atoms with Crippen molar-refractivity contribution in [2.24, 2.45) is 5.92 Å². The maximum atomic E-state index is 13.0. The van der Waals surface area contributed by atoms with Crippen molar-refractivity contribution in [3.8, 4) is 11.5 Å². The van der Waals surface area contributed by atoms with Crippen molar-refractivity contribution in [2.45, 2.75) is 17.7 Å². The van der Waals surface area contributed by atoms with Crippen molar-refractivity contribution >= 4 is 33.3 Å². The molecule has 1 heterocycles. The molecule has 0 aliphatic carbocycles. The SMILES string of the molecule is CNC(=O)Nc1ccc(NC(=O)C2CCN(S(=O)(=O)c3ccc(OC)c(OC)c3)CC2)cc1. The van der Waals surface area contributed by atoms with Gasteiger partial charge in [-0.1, -0.05) is 0 Å². The highest BCUT2D eigenvalue weighted by molar-refractivity contribution is 7.89. The lowest BCUT2D eigenvalue weighted by molar-refractivity contribution is -0.120. The van der Waals surface area contributed by atoms with Gasteiger partial charge in [0.05, 0.1) is 19.1 Å². The zero-order valence-corrected chi connectivity index (χ0v) is 19.6. The minimum atomic E-state index is -3.72. The van der Waals surface area contributed by atoms with Gasteiger partial charge in [0.25, 0.3) is 0 Å². The van der Waals surface area contributed by atoms with Crippen molar-refractivity contribution in [3.63, 3.8) is 0 Å². The zero-order valence-electron chi connectivity index (χ0n) is 18.8. The number of hydrogen-bond acceptors (Lipinski definition) is 6. The van der Waals surface area contributed by atoms with Gasteiger partial charge in [0, 0.05) is 43.5 Å². The van der Waals surface area contributed by atoms with E-state index in [1.807, 2.05) is 0 Å². The van der Waals surface area contributed by atoms with E-state index in [-0.39, 0.29) is 35.8 Å². The van der Waals surface area contributed by atoms with Crippen molar-refractivity contribution in [1.29, 1.82) is 0 Å². The molecule has 0 aromatic heterocycles. The third-order valence-corrected chi connectivity index (χ3v) is 7.35. The first-order valence-electron chi connectivity index (χ1n) is 10.4. The van der Waals surface area contributed by atoms with Crippen LogP contribution in [-0.2, 0) is 14.8 Å². The number of carbonyl (C=O) groups excluding carboxylic acids is 2. The standard InChI is InChI=1S/C22H28N4O6S/c1-23-22(28)25-17-6-4-16(5-7-17)24-21(27)15-10-12-26(13-11-15)33(29,30)18-8-9-19(31-2)20(14-18)32-3/h4-9,14-15H,10-13H2,1-3H3,(H,24,27)(H2,23,25,28). The summed E-state index contributed by atoms with van der Waals surface area (Å²) in [6.45, 7) is 0.480. The maximum Gasteiger partial charge on any atom is 0.318 e. The van der Waals surface area contributed by atoms with Crippen LogP contribution in [0.3, 0.4) is 0 Å². The topological polar surface area (TPSA) is 126 Å². The third kappa shape index (κ3) is 5.74. The molecular weight excluding hydrogens is 448 g/mol. The Morgan fingerprint density at radius 2 is 1.48 bits per heavy atom. The molecule has 1 fully saturated rings. The molecule has 0 radical (unpaired) electrons. The van der Waals surface area contributed by atoms with Gasteiger partial charge in [0.2, 0.25) is 15.9 Å². The molecule has 3 N–H and O–H groups in total. The fraction of sp³-hybridized carbons (Fsp3) is 0.364. The highest BCUT2D eigenvalue weighted by Gasteiger charge is 2.32. The number of piperidine rings is 1. The van der Waals surface area contributed by atoms with E-state index in [0.29, 0.717) is 35.7 Å². The number of nitrogens with zero attached hydrogens (tertiary/aromatic N) is 1. The molecular formula is C22H28N4O6S. The number of sulfonamides is 1. The molecule has 2 aromatic carbocycles. The predicted octanol–water partition coefficient (Wildman–Crippen LogP) is 2.49. The lowest BCUT2D eigenvalue weighted by Crippen LogP contribution is -2.41. The van der Waals surface area contributed by atoms with Crippen molar-refractivity contribution < 1.29 is 27.5 Å². The molecule has 3 rings (SSSR count). The Morgan fingerprint density at radius 3 is 2.03 bits per heavy atom. The van der Waals surface area contributed by atoms with Gasteiger partial charge in [-0.15, -0.1) is 0 Å². The average molecular weight is 477 g/mol. The van der Waals surface area contributed by atoms with Crippen molar-refractivity contribution in [1.82, 2.24) is 9.62 Å². The maximum absolute atomic E-state index is 13.0. The van der Waals surface area contributed by atoms with Crippen LogP contribution in [0.2, 0.25) is 0 Å². The summed E-state index contributed by atoms with van der Waals surface area (Å²) in [6, 6.07) is 10.9. The van der Waals surface area contributed by atoms with Crippen LogP contribution in [0.1, 0.15) is 12.8 Å². The number of carbonyl (C=O) groups is 2. The quantitative estimate of drug-likeness (QED) is 0.564. The molecule has 0 spiro atoms. The number of anilines is 2. The molecule has 1 aliphatic rings. The normalized spacial score (nSPS) is 14.9. The predicted molar refractivity (Wildman–Crippen MR) is 124 cm³/mol. The van der Waals surface area contributed by atoms with Crippen molar-refractivity contribution in [2.75, 3.05) is 45.0 Å². The number of methoxy groups -OCH3 is 2. The first kappa shape index (κ1) is 24.3. The van der Waals surface area contributed by atoms with Crippen LogP contribution >= 0.6 is 0 Å². The Bertz CT molecular complexity index is 1100. The molecule has 0 atom stereocenters. The third-order valence-electron chi connectivity index (χ3n) is 5.45. The lowest BCUT2D eigenvalue weighted by atomic mass is 9.97. The van der Waals surface area contributed by atoms with Gasteiger partial charge < -0.3 is 25.4 Å². The summed E-state index contributed by atoms with van der Waals surface area (Å²) in [5.41, 5.74) is 1.20. The number of urea groups is 1. The van der Waals surface area contributed by atoms with Gasteiger partial charge in [-0.3, -0.25) is 4.79 Å². The molecule has 1 saturated heterocycles. The molecule has 0 bridgehead atoms. The van der Waals surface area contributed by atoms with Gasteiger partial charge in [-0.25, -0.2) is 13.2 Å². The first-order chi connectivity index (χ1) is 15.8. The van der Waals surface area contributed by atoms with Crippen LogP contribution in [0.15, 0.2) is 47.4 Å². The number of rotatable bonds is 7. The molecule has 1 aliphatic heterocycles. The molecule has 0 unspecified atom stereocenters. The van der Waals surface area contributed by atoms with E-state index in [4.69, 9.17) is 9.47 Å². The summed E-state index contributed by atoms with van der Waals surface area (Å²) >= 11 is 0. The molecule has 3 amide bonds. The molecule has 10 nitrogen and oxygen atoms in total. The smallest absolute Gasteiger partial charge is 0.318 e. The Balaban J connectivity index is 1.59. The second-order valence-electron chi connectivity index (χ2n) is 7.47. The summed E-state index contributed by atoms with van der Waals surface area (Å²) in [5, 5.41) is 7.96. The molecule has 33 heavy (non-hydrogen) atoms. The van der Waals surface area contributed by atoms with Gasteiger partial charge in [0.15, 0.2) is 11.5 Å². The minimum Gasteiger partial charge on any atom is -0.493 e. The van der Waals surface area contributed by atoms with Crippen LogP contribution in [0.4, 0.5) is 16.2 Å². The Kier molecular flexibility index (Phi) is 7.77. The van der Waals surface area contributed by atoms with E-state index in [1.165, 1.54) is 37.7 Å². The van der Waals surface area contributed by atoms with E-state index in [9.17, 15) is 18.0 Å². The highest BCUT2D eigenvalue weighted by Crippen LogP contribution is 2.32. The summed E-state index contributed by atoms with van der Waals surface area (Å²) in [7, 11) is 0.737. The van der Waals surface area contributed by atoms with E-state index in [1.54, 1.807) is 30.3 Å². The lowest BCUT2D eigenvalue weighted by Gasteiger charge is -2.30. The van der Waals surface area contributed by atoms with Crippen LogP contribution < -0.4 is 25.4 Å². The fourth-order valence-electron chi connectivity index (χ4n) is 3.56. The monoisotopic (exact) mass is 476 g/mol. The zero-order chi connectivity index (χ0) is 24.0. The molecule has 2 aromatic rings. The number of nitrogens with one attached hydrogen (secondary N) is 3. The summed E-state index contributed by atoms with van der Waals surface area (Å²) in [5.74, 6) is 0.323. The van der Waals surface area contributed by atoms with Crippen LogP contribution in [-0.4, -0.2) is 59.0 Å². The average Bonchev–Trinajstić information content (AvgIpc) is 2.84. The van der Waals surface area contributed by atoms with E-state index < -0.39 is 10.0 Å². The largest absolute Gasteiger partial charge is 0.493 e. The number of amides is 3. The number of benzene rings is 2. The summed E-state index contributed by atoms with van der Waals surface area (Å²) in [6.07, 6.45) is 0.823. The second kappa shape index (κ2) is 10.5. The van der Waals surface area contributed by atoms with E-state index in [0.717, 1.165) is 0 Å². The van der Waals surface area contributed by atoms with Gasteiger partial charge in [-0.05, 0) is 49.2 Å². The van der Waals surface area contributed by atoms with Gasteiger partial charge >= 0.3 is 6.03 Å². The van der Waals surface area contributed by atoms with Crippen LogP contribution in [0, 0.1) is 5.92 Å². The summed E-state index contributed by atoms with van der Waals surface area (Å²) in [4.78, 5) is 24.1. The van der Waals surface area contributed by atoms with Crippen LogP contribution in [0.25, 0.3) is 0 Å². The van der Waals surface area contributed by atoms with Gasteiger partial charge in [0.1, 0.15) is 0 Å². The Hall–Kier alpha value is -3.31. The fourth-order valence-corrected chi connectivity index (χ4v) is 5.04. The number of ether oxygens (including phenoxy) is 2. The first-order valence-corrected chi connectivity index (χ1v) is 11.8. The van der Waals surface area contributed by atoms with E-state index >= 15 is 0 Å². The number of hydrogen-bond donors (Lipinski definition) is 3. The van der Waals surface area contributed by atoms with Crippen molar-refractivity contribution in [3.05, 3.63) is 42.5 Å². The second-order valence-corrected chi connectivity index (χ2v) is 9.40.